The van der Waals surface area contributed by atoms with E-state index in [0.29, 0.717) is 0 Å². The molecule has 0 unspecified atom stereocenters. The molecule has 0 heterocycles. The van der Waals surface area contributed by atoms with Gasteiger partial charge in [-0.2, -0.15) is 6.92 Å². The fourth-order valence-electron chi connectivity index (χ4n) is 0.170. The van der Waals surface area contributed by atoms with Crippen LogP contribution in [0.5, 0.6) is 0 Å². The van der Waals surface area contributed by atoms with Crippen LogP contribution in [0.25, 0.3) is 0 Å². The fourth-order valence-corrected chi connectivity index (χ4v) is 1.53. The van der Waals surface area contributed by atoms with E-state index in [-0.39, 0.29) is 32.7 Å². The molecule has 4 N–H and O–H groups in total. The Morgan fingerprint density at radius 2 is 1.18 bits per heavy atom. The number of hydrogen-bond acceptors (Lipinski definition) is 2. The van der Waals surface area contributed by atoms with Crippen LogP contribution in [0.2, 0.25) is 0 Å². The van der Waals surface area contributed by atoms with Crippen molar-refractivity contribution in [3.8, 4) is 0 Å². The zero-order chi connectivity index (χ0) is 8.58. The van der Waals surface area contributed by atoms with Crippen LogP contribution in [0.3, 0.4) is 0 Å². The molecule has 0 amide bonds. The van der Waals surface area contributed by atoms with E-state index in [1.54, 1.807) is 0 Å². The van der Waals surface area contributed by atoms with Crippen LogP contribution in [0.4, 0.5) is 0 Å². The van der Waals surface area contributed by atoms with E-state index in [9.17, 15) is 9.13 Å². The second-order valence-electron chi connectivity index (χ2n) is 1.64. The monoisotopic (exact) mass is 278 g/mol. The summed E-state index contributed by atoms with van der Waals surface area (Å²) < 4.78 is 20.3. The molecule has 11 heavy (non-hydrogen) atoms. The number of hydrogen-bond donors (Lipinski definition) is 4. The smallest absolute Gasteiger partial charge is 0.346 e. The molecule has 9 heteroatoms. The van der Waals surface area contributed by atoms with Crippen molar-refractivity contribution in [2.75, 3.05) is 0 Å². The molecule has 0 aliphatic carbocycles. The fraction of sp³-hybridized carbons (Fsp3) is 0.500. The molecule has 62 valence electrons. The molecular formula is C2H7O6P2Y+2. The maximum Gasteiger partial charge on any atom is 3.00 e. The van der Waals surface area contributed by atoms with Gasteiger partial charge in [0, 0.05) is 0 Å². The van der Waals surface area contributed by atoms with Crippen molar-refractivity contribution in [3.05, 3.63) is 5.40 Å². The molecule has 0 aromatic carbocycles. The van der Waals surface area contributed by atoms with Crippen molar-refractivity contribution in [1.82, 2.24) is 0 Å². The van der Waals surface area contributed by atoms with Crippen LogP contribution in [-0.2, 0) is 41.8 Å². The molecule has 0 aromatic heterocycles. The summed E-state index contributed by atoms with van der Waals surface area (Å²) in [6, 6.07) is 0. The summed E-state index contributed by atoms with van der Waals surface area (Å²) in [5, 5.41) is -1.10. The molecular weight excluding hydrogens is 271 g/mol. The minimum Gasteiger partial charge on any atom is -0.346 e. The molecule has 0 saturated carbocycles. The Balaban J connectivity index is 0. The first kappa shape index (κ1) is 14.9. The second kappa shape index (κ2) is 4.59. The first-order chi connectivity index (χ1) is 4.15. The Kier molecular flexibility index (Phi) is 6.21. The van der Waals surface area contributed by atoms with Crippen LogP contribution >= 0.6 is 15.2 Å². The first-order valence-electron chi connectivity index (χ1n) is 2.11. The van der Waals surface area contributed by atoms with Gasteiger partial charge in [0.1, 0.15) is 0 Å². The molecule has 0 aliphatic rings. The van der Waals surface area contributed by atoms with Crippen LogP contribution in [0.1, 0.15) is 6.92 Å². The molecule has 0 radical (unpaired) electrons. The second-order valence-corrected chi connectivity index (χ2v) is 5.51. The average molecular weight is 278 g/mol. The van der Waals surface area contributed by atoms with E-state index >= 15 is 0 Å². The standard InChI is InChI=1S/C2H7O6P2.Y/c1-2(9(3,4)5)10(6,7)8;/h1H3,(H2,3,4,5)(H2,6,7,8);/q-1;+3. The van der Waals surface area contributed by atoms with Gasteiger partial charge in [0.25, 0.3) is 0 Å². The van der Waals surface area contributed by atoms with Gasteiger partial charge in [-0.25, -0.2) is 0 Å². The van der Waals surface area contributed by atoms with E-state index in [1.165, 1.54) is 0 Å². The van der Waals surface area contributed by atoms with Crippen molar-refractivity contribution < 1.29 is 61.4 Å². The molecule has 0 atom stereocenters. The average Bonchev–Trinajstić information content (AvgIpc) is 1.59. The van der Waals surface area contributed by atoms with E-state index in [0.717, 1.165) is 6.92 Å². The van der Waals surface area contributed by atoms with Gasteiger partial charge >= 0.3 is 32.7 Å². The van der Waals surface area contributed by atoms with Gasteiger partial charge < -0.3 is 19.6 Å². The maximum absolute atomic E-state index is 10.1. The maximum atomic E-state index is 10.1. The summed E-state index contributed by atoms with van der Waals surface area (Å²) in [5.41, 5.74) is 0. The quantitative estimate of drug-likeness (QED) is 0.412. The number of rotatable bonds is 2. The Hall–Kier alpha value is 1.40. The predicted octanol–water partition coefficient (Wildman–Crippen LogP) is -0.151. The normalized spacial score (nSPS) is 12.9. The largest absolute Gasteiger partial charge is 3.00 e. The van der Waals surface area contributed by atoms with Gasteiger partial charge in [-0.3, -0.25) is 9.13 Å². The molecule has 0 fully saturated rings. The van der Waals surface area contributed by atoms with Gasteiger partial charge in [-0.1, -0.05) is 5.40 Å². The Labute approximate surface area is 88.6 Å². The Bertz CT molecular complexity index is 181. The van der Waals surface area contributed by atoms with Crippen molar-refractivity contribution in [1.29, 1.82) is 0 Å². The van der Waals surface area contributed by atoms with Crippen LogP contribution < -0.4 is 0 Å². The first-order valence-corrected chi connectivity index (χ1v) is 5.34. The summed E-state index contributed by atoms with van der Waals surface area (Å²) in [5.74, 6) is 0. The van der Waals surface area contributed by atoms with Crippen LogP contribution in [0.15, 0.2) is 0 Å². The SMILES string of the molecule is C[C-](P(=O)(O)O)P(=O)(O)O.[Y+3]. The van der Waals surface area contributed by atoms with Crippen molar-refractivity contribution >= 4 is 15.2 Å². The third-order valence-electron chi connectivity index (χ3n) is 0.843. The van der Waals surface area contributed by atoms with Crippen LogP contribution in [-0.4, -0.2) is 19.6 Å². The van der Waals surface area contributed by atoms with Gasteiger partial charge in [0.05, 0.1) is 0 Å². The van der Waals surface area contributed by atoms with Crippen molar-refractivity contribution in [3.63, 3.8) is 0 Å². The van der Waals surface area contributed by atoms with E-state index in [1.807, 2.05) is 0 Å². The van der Waals surface area contributed by atoms with Gasteiger partial charge in [-0.05, 0) is 0 Å². The molecule has 6 nitrogen and oxygen atoms in total. The van der Waals surface area contributed by atoms with Gasteiger partial charge in [0.2, 0.25) is 0 Å². The third-order valence-corrected chi connectivity index (χ3v) is 4.09. The third kappa shape index (κ3) is 5.61. The van der Waals surface area contributed by atoms with Gasteiger partial charge in [0.15, 0.2) is 15.2 Å². The van der Waals surface area contributed by atoms with E-state index < -0.39 is 20.6 Å². The van der Waals surface area contributed by atoms with Crippen LogP contribution in [0, 0.1) is 5.40 Å². The summed E-state index contributed by atoms with van der Waals surface area (Å²) in [6.45, 7) is 0.724. The van der Waals surface area contributed by atoms with Crippen molar-refractivity contribution in [2.45, 2.75) is 6.92 Å². The summed E-state index contributed by atoms with van der Waals surface area (Å²) in [7, 11) is -9.45. The molecule has 0 aromatic rings. The Morgan fingerprint density at radius 3 is 1.18 bits per heavy atom. The minimum absolute atomic E-state index is 0. The zero-order valence-electron chi connectivity index (χ0n) is 5.58. The summed E-state index contributed by atoms with van der Waals surface area (Å²) in [6.07, 6.45) is 0. The summed E-state index contributed by atoms with van der Waals surface area (Å²) >= 11 is 0. The molecule has 0 bridgehead atoms. The molecule has 0 saturated heterocycles. The van der Waals surface area contributed by atoms with E-state index in [4.69, 9.17) is 19.6 Å². The topological polar surface area (TPSA) is 115 Å². The molecule has 0 rings (SSSR count). The molecule has 0 aliphatic heterocycles. The van der Waals surface area contributed by atoms with Crippen molar-refractivity contribution in [2.24, 2.45) is 0 Å². The minimum atomic E-state index is -4.72. The van der Waals surface area contributed by atoms with E-state index in [2.05, 4.69) is 0 Å². The van der Waals surface area contributed by atoms with Gasteiger partial charge in [-0.15, -0.1) is 0 Å². The molecule has 0 spiro atoms. The zero-order valence-corrected chi connectivity index (χ0v) is 10.2. The Morgan fingerprint density at radius 1 is 1.00 bits per heavy atom. The predicted molar refractivity (Wildman–Crippen MR) is 33.0 cm³/mol. The summed E-state index contributed by atoms with van der Waals surface area (Å²) in [4.78, 5) is 32.8.